The van der Waals surface area contributed by atoms with Crippen molar-refractivity contribution < 1.29 is 13.2 Å². The summed E-state index contributed by atoms with van der Waals surface area (Å²) in [6, 6.07) is 15.2. The molecule has 0 saturated heterocycles. The predicted molar refractivity (Wildman–Crippen MR) is 130 cm³/mol. The number of rotatable bonds is 5. The van der Waals surface area contributed by atoms with E-state index >= 15 is 0 Å². The molecule has 1 amide bonds. The summed E-state index contributed by atoms with van der Waals surface area (Å²) < 4.78 is 29.6. The molecule has 0 atom stereocenters. The Morgan fingerprint density at radius 1 is 0.933 bits per heavy atom. The summed E-state index contributed by atoms with van der Waals surface area (Å²) in [7, 11) is -3.99. The highest BCUT2D eigenvalue weighted by Gasteiger charge is 2.21. The van der Waals surface area contributed by atoms with E-state index in [4.69, 9.17) is 11.6 Å². The Balaban J connectivity index is 1.92. The fourth-order valence-corrected chi connectivity index (χ4v) is 5.17. The van der Waals surface area contributed by atoms with Crippen molar-refractivity contribution in [3.63, 3.8) is 0 Å². The lowest BCUT2D eigenvalue weighted by molar-refractivity contribution is 0.102. The summed E-state index contributed by atoms with van der Waals surface area (Å²) in [6.45, 7) is 5.63. The first kappa shape index (κ1) is 22.6. The summed E-state index contributed by atoms with van der Waals surface area (Å²) in [5.41, 5.74) is 4.01. The maximum absolute atomic E-state index is 13.0. The Morgan fingerprint density at radius 3 is 2.37 bits per heavy atom. The van der Waals surface area contributed by atoms with Gasteiger partial charge in [-0.2, -0.15) is 0 Å². The van der Waals surface area contributed by atoms with Gasteiger partial charge in [0.25, 0.3) is 15.9 Å². The quantitative estimate of drug-likeness (QED) is 0.384. The topological polar surface area (TPSA) is 75.3 Å². The van der Waals surface area contributed by atoms with E-state index in [1.165, 1.54) is 18.2 Å². The predicted octanol–water partition coefficient (Wildman–Crippen LogP) is 5.92. The molecule has 0 heterocycles. The molecule has 0 unspecified atom stereocenters. The third-order valence-corrected chi connectivity index (χ3v) is 7.29. The zero-order valence-corrected chi connectivity index (χ0v) is 20.3. The van der Waals surface area contributed by atoms with Crippen LogP contribution in [-0.4, -0.2) is 14.3 Å². The van der Waals surface area contributed by atoms with Crippen molar-refractivity contribution in [1.29, 1.82) is 0 Å². The summed E-state index contributed by atoms with van der Waals surface area (Å²) >= 11 is 8.37. The lowest BCUT2D eigenvalue weighted by Crippen LogP contribution is -2.17. The molecule has 0 bridgehead atoms. The molecule has 8 heteroatoms. The second-order valence-electron chi connectivity index (χ2n) is 6.91. The van der Waals surface area contributed by atoms with Gasteiger partial charge >= 0.3 is 0 Å². The molecule has 156 valence electrons. The molecular formula is C22H20ClIN2O3S. The zero-order chi connectivity index (χ0) is 22.1. The third-order valence-electron chi connectivity index (χ3n) is 4.77. The highest BCUT2D eigenvalue weighted by molar-refractivity contribution is 14.1. The number of amides is 1. The minimum atomic E-state index is -3.99. The number of nitrogens with one attached hydrogen (secondary N) is 2. The lowest BCUT2D eigenvalue weighted by Gasteiger charge is -2.14. The van der Waals surface area contributed by atoms with Gasteiger partial charge in [-0.1, -0.05) is 23.7 Å². The monoisotopic (exact) mass is 554 g/mol. The summed E-state index contributed by atoms with van der Waals surface area (Å²) in [5.74, 6) is -0.417. The fraction of sp³-hybridized carbons (Fsp3) is 0.136. The van der Waals surface area contributed by atoms with E-state index in [1.54, 1.807) is 12.1 Å². The van der Waals surface area contributed by atoms with Crippen molar-refractivity contribution in [2.45, 2.75) is 25.7 Å². The molecular weight excluding hydrogens is 535 g/mol. The van der Waals surface area contributed by atoms with Gasteiger partial charge in [0.05, 0.1) is 10.7 Å². The van der Waals surface area contributed by atoms with E-state index in [0.29, 0.717) is 11.4 Å². The largest absolute Gasteiger partial charge is 0.322 e. The van der Waals surface area contributed by atoms with Gasteiger partial charge in [0.15, 0.2) is 0 Å². The molecule has 3 aromatic carbocycles. The van der Waals surface area contributed by atoms with Gasteiger partial charge in [0.1, 0.15) is 4.90 Å². The highest BCUT2D eigenvalue weighted by Crippen LogP contribution is 2.28. The number of carbonyl (C=O) groups is 1. The second kappa shape index (κ2) is 8.95. The SMILES string of the molecule is Cc1cc(I)ccc1NC(=O)c1ccc(Cl)c(S(=O)(=O)Nc2cccc(C)c2C)c1. The Kier molecular flexibility index (Phi) is 6.74. The minimum Gasteiger partial charge on any atom is -0.322 e. The van der Waals surface area contributed by atoms with Gasteiger partial charge in [-0.3, -0.25) is 9.52 Å². The van der Waals surface area contributed by atoms with Crippen LogP contribution in [-0.2, 0) is 10.0 Å². The smallest absolute Gasteiger partial charge is 0.263 e. The van der Waals surface area contributed by atoms with Crippen molar-refractivity contribution in [1.82, 2.24) is 0 Å². The molecule has 0 spiro atoms. The standard InChI is InChI=1S/C22H20ClIN2O3S/c1-13-5-4-6-20(15(13)3)26-30(28,29)21-12-16(7-9-18(21)23)22(27)25-19-10-8-17(24)11-14(19)2/h4-12,26H,1-3H3,(H,25,27). The number of sulfonamides is 1. The molecule has 30 heavy (non-hydrogen) atoms. The molecule has 0 fully saturated rings. The van der Waals surface area contributed by atoms with E-state index in [9.17, 15) is 13.2 Å². The number of anilines is 2. The summed E-state index contributed by atoms with van der Waals surface area (Å²) in [4.78, 5) is 12.6. The van der Waals surface area contributed by atoms with Gasteiger partial charge in [0.2, 0.25) is 0 Å². The average Bonchev–Trinajstić information content (AvgIpc) is 2.67. The fourth-order valence-electron chi connectivity index (χ4n) is 2.87. The van der Waals surface area contributed by atoms with Crippen LogP contribution in [0, 0.1) is 24.3 Å². The van der Waals surface area contributed by atoms with E-state index < -0.39 is 15.9 Å². The minimum absolute atomic E-state index is 0.0369. The number of hydrogen-bond donors (Lipinski definition) is 2. The van der Waals surface area contributed by atoms with Crippen molar-refractivity contribution in [3.05, 3.63) is 85.4 Å². The average molecular weight is 555 g/mol. The zero-order valence-electron chi connectivity index (χ0n) is 16.6. The number of aryl methyl sites for hydroxylation is 2. The Hall–Kier alpha value is -2.10. The second-order valence-corrected chi connectivity index (χ2v) is 10.2. The van der Waals surface area contributed by atoms with Crippen LogP contribution >= 0.6 is 34.2 Å². The third kappa shape index (κ3) is 4.96. The molecule has 0 aliphatic carbocycles. The van der Waals surface area contributed by atoms with Crippen LogP contribution in [0.5, 0.6) is 0 Å². The van der Waals surface area contributed by atoms with Crippen LogP contribution in [0.2, 0.25) is 5.02 Å². The van der Waals surface area contributed by atoms with Crippen LogP contribution in [0.3, 0.4) is 0 Å². The van der Waals surface area contributed by atoms with Crippen molar-refractivity contribution in [3.8, 4) is 0 Å². The first-order valence-corrected chi connectivity index (χ1v) is 12.0. The number of hydrogen-bond acceptors (Lipinski definition) is 3. The van der Waals surface area contributed by atoms with Crippen LogP contribution in [0.25, 0.3) is 0 Å². The Bertz CT molecular complexity index is 1240. The number of halogens is 2. The van der Waals surface area contributed by atoms with Crippen LogP contribution < -0.4 is 10.0 Å². The van der Waals surface area contributed by atoms with Crippen LogP contribution in [0.15, 0.2) is 59.5 Å². The lowest BCUT2D eigenvalue weighted by atomic mass is 10.1. The Morgan fingerprint density at radius 2 is 1.67 bits per heavy atom. The first-order valence-electron chi connectivity index (χ1n) is 9.04. The summed E-state index contributed by atoms with van der Waals surface area (Å²) in [5, 5.41) is 2.85. The van der Waals surface area contributed by atoms with Crippen molar-refractivity contribution in [2.75, 3.05) is 10.0 Å². The molecule has 2 N–H and O–H groups in total. The number of benzene rings is 3. The normalized spacial score (nSPS) is 11.2. The first-order chi connectivity index (χ1) is 14.1. The van der Waals surface area contributed by atoms with Gasteiger partial charge in [-0.05, 0) is 103 Å². The maximum atomic E-state index is 13.0. The molecule has 3 aromatic rings. The molecule has 0 radical (unpaired) electrons. The van der Waals surface area contributed by atoms with Crippen molar-refractivity contribution in [2.24, 2.45) is 0 Å². The van der Waals surface area contributed by atoms with Crippen LogP contribution in [0.1, 0.15) is 27.0 Å². The van der Waals surface area contributed by atoms with Gasteiger partial charge in [-0.25, -0.2) is 8.42 Å². The van der Waals surface area contributed by atoms with Gasteiger partial charge < -0.3 is 5.32 Å². The highest BCUT2D eigenvalue weighted by atomic mass is 127. The van der Waals surface area contributed by atoms with E-state index in [2.05, 4.69) is 32.6 Å². The van der Waals surface area contributed by atoms with E-state index in [-0.39, 0.29) is 15.5 Å². The summed E-state index contributed by atoms with van der Waals surface area (Å²) in [6.07, 6.45) is 0. The molecule has 0 aliphatic heterocycles. The Labute approximate surface area is 195 Å². The molecule has 0 aromatic heterocycles. The molecule has 3 rings (SSSR count). The molecule has 5 nitrogen and oxygen atoms in total. The van der Waals surface area contributed by atoms with Crippen LogP contribution in [0.4, 0.5) is 11.4 Å². The maximum Gasteiger partial charge on any atom is 0.263 e. The van der Waals surface area contributed by atoms with Gasteiger partial charge in [0, 0.05) is 14.8 Å². The van der Waals surface area contributed by atoms with Crippen molar-refractivity contribution >= 4 is 61.5 Å². The molecule has 0 saturated carbocycles. The van der Waals surface area contributed by atoms with E-state index in [1.807, 2.05) is 45.0 Å². The van der Waals surface area contributed by atoms with Gasteiger partial charge in [-0.15, -0.1) is 0 Å². The van der Waals surface area contributed by atoms with E-state index in [0.717, 1.165) is 20.3 Å². The molecule has 0 aliphatic rings. The number of carbonyl (C=O) groups excluding carboxylic acids is 1.